The van der Waals surface area contributed by atoms with Crippen LogP contribution in [0.3, 0.4) is 0 Å². The van der Waals surface area contributed by atoms with Gasteiger partial charge in [-0.1, -0.05) is 35.5 Å². The van der Waals surface area contributed by atoms with Gasteiger partial charge in [-0.15, -0.1) is 10.2 Å². The molecule has 0 spiro atoms. The molecular weight excluding hydrogens is 430 g/mol. The quantitative estimate of drug-likeness (QED) is 0.403. The number of rotatable bonds is 6. The van der Waals surface area contributed by atoms with Crippen LogP contribution in [0.1, 0.15) is 11.1 Å². The lowest BCUT2D eigenvalue weighted by molar-refractivity contribution is -0.113. The number of thioether (sulfide) groups is 1. The van der Waals surface area contributed by atoms with E-state index in [0.29, 0.717) is 16.0 Å². The standard InChI is InChI=1S/C23H20ClN5OS/c1-15-5-3-7-20(16(15)2)26-21(30)14-31-23-28-27-22(17-6-4-12-25-13-17)29(23)19-10-8-18(24)9-11-19/h3-13H,14H2,1-2H3,(H,26,30). The normalized spacial score (nSPS) is 10.8. The first-order valence-electron chi connectivity index (χ1n) is 9.63. The summed E-state index contributed by atoms with van der Waals surface area (Å²) in [6.45, 7) is 4.02. The summed E-state index contributed by atoms with van der Waals surface area (Å²) in [6.07, 6.45) is 3.44. The van der Waals surface area contributed by atoms with Crippen LogP contribution in [0.15, 0.2) is 72.1 Å². The average molecular weight is 450 g/mol. The molecule has 0 aliphatic rings. The van der Waals surface area contributed by atoms with E-state index in [0.717, 1.165) is 28.1 Å². The first-order chi connectivity index (χ1) is 15.0. The summed E-state index contributed by atoms with van der Waals surface area (Å²) in [4.78, 5) is 16.8. The maximum atomic E-state index is 12.6. The molecule has 0 saturated carbocycles. The molecule has 0 saturated heterocycles. The molecule has 6 nitrogen and oxygen atoms in total. The first-order valence-corrected chi connectivity index (χ1v) is 11.0. The minimum atomic E-state index is -0.104. The van der Waals surface area contributed by atoms with E-state index >= 15 is 0 Å². The zero-order chi connectivity index (χ0) is 21.8. The molecule has 0 aliphatic heterocycles. The van der Waals surface area contributed by atoms with Gasteiger partial charge in [-0.05, 0) is 67.4 Å². The molecule has 0 aliphatic carbocycles. The van der Waals surface area contributed by atoms with Crippen molar-refractivity contribution >= 4 is 35.0 Å². The number of carbonyl (C=O) groups excluding carboxylic acids is 1. The summed E-state index contributed by atoms with van der Waals surface area (Å²) in [5.74, 6) is 0.742. The van der Waals surface area contributed by atoms with E-state index < -0.39 is 0 Å². The molecule has 8 heteroatoms. The Morgan fingerprint density at radius 3 is 2.61 bits per heavy atom. The van der Waals surface area contributed by atoms with Crippen LogP contribution >= 0.6 is 23.4 Å². The molecular formula is C23H20ClN5OS. The van der Waals surface area contributed by atoms with Gasteiger partial charge in [0.15, 0.2) is 11.0 Å². The molecule has 0 fully saturated rings. The summed E-state index contributed by atoms with van der Waals surface area (Å²) < 4.78 is 1.91. The highest BCUT2D eigenvalue weighted by Crippen LogP contribution is 2.28. The lowest BCUT2D eigenvalue weighted by Gasteiger charge is -2.12. The van der Waals surface area contributed by atoms with Gasteiger partial charge in [0.25, 0.3) is 0 Å². The molecule has 1 amide bonds. The number of carbonyl (C=O) groups is 1. The van der Waals surface area contributed by atoms with Crippen LogP contribution in [-0.4, -0.2) is 31.4 Å². The smallest absolute Gasteiger partial charge is 0.234 e. The number of hydrogen-bond donors (Lipinski definition) is 1. The van der Waals surface area contributed by atoms with E-state index in [1.54, 1.807) is 12.4 Å². The number of anilines is 1. The molecule has 4 rings (SSSR count). The van der Waals surface area contributed by atoms with Crippen LogP contribution in [0, 0.1) is 13.8 Å². The predicted molar refractivity (Wildman–Crippen MR) is 125 cm³/mol. The van der Waals surface area contributed by atoms with Crippen molar-refractivity contribution in [2.75, 3.05) is 11.1 Å². The molecule has 31 heavy (non-hydrogen) atoms. The van der Waals surface area contributed by atoms with Gasteiger partial charge in [-0.2, -0.15) is 0 Å². The van der Waals surface area contributed by atoms with Gasteiger partial charge in [0.1, 0.15) is 0 Å². The van der Waals surface area contributed by atoms with Crippen molar-refractivity contribution in [1.29, 1.82) is 0 Å². The average Bonchev–Trinajstić information content (AvgIpc) is 3.21. The van der Waals surface area contributed by atoms with Gasteiger partial charge < -0.3 is 5.32 Å². The van der Waals surface area contributed by atoms with Gasteiger partial charge in [0, 0.05) is 34.4 Å². The molecule has 2 aromatic carbocycles. The van der Waals surface area contributed by atoms with E-state index in [1.165, 1.54) is 11.8 Å². The number of aryl methyl sites for hydroxylation is 1. The minimum absolute atomic E-state index is 0.104. The van der Waals surface area contributed by atoms with Crippen LogP contribution in [0.4, 0.5) is 5.69 Å². The minimum Gasteiger partial charge on any atom is -0.325 e. The Morgan fingerprint density at radius 1 is 1.06 bits per heavy atom. The van der Waals surface area contributed by atoms with E-state index in [2.05, 4.69) is 20.5 Å². The molecule has 1 N–H and O–H groups in total. The van der Waals surface area contributed by atoms with Crippen LogP contribution < -0.4 is 5.32 Å². The Bertz CT molecular complexity index is 1210. The predicted octanol–water partition coefficient (Wildman–Crippen LogP) is 5.33. The van der Waals surface area contributed by atoms with Crippen molar-refractivity contribution in [3.63, 3.8) is 0 Å². The van der Waals surface area contributed by atoms with Crippen LogP contribution in [0.5, 0.6) is 0 Å². The third-order valence-electron chi connectivity index (χ3n) is 4.85. The zero-order valence-electron chi connectivity index (χ0n) is 17.0. The molecule has 0 atom stereocenters. The number of aromatic nitrogens is 4. The molecule has 2 heterocycles. The fourth-order valence-corrected chi connectivity index (χ4v) is 3.95. The van der Waals surface area contributed by atoms with Gasteiger partial charge in [-0.3, -0.25) is 14.3 Å². The summed E-state index contributed by atoms with van der Waals surface area (Å²) in [5, 5.41) is 12.9. The number of benzene rings is 2. The zero-order valence-corrected chi connectivity index (χ0v) is 18.6. The third kappa shape index (κ3) is 4.78. The van der Waals surface area contributed by atoms with Crippen molar-refractivity contribution in [3.8, 4) is 17.1 Å². The molecule has 2 aromatic heterocycles. The maximum Gasteiger partial charge on any atom is 0.234 e. The number of halogens is 1. The van der Waals surface area contributed by atoms with E-state index in [-0.39, 0.29) is 11.7 Å². The number of nitrogens with one attached hydrogen (secondary N) is 1. The maximum absolute atomic E-state index is 12.6. The van der Waals surface area contributed by atoms with Crippen LogP contribution in [0.25, 0.3) is 17.1 Å². The van der Waals surface area contributed by atoms with Gasteiger partial charge >= 0.3 is 0 Å². The van der Waals surface area contributed by atoms with Crippen molar-refractivity contribution in [2.45, 2.75) is 19.0 Å². The Hall–Kier alpha value is -3.16. The highest BCUT2D eigenvalue weighted by atomic mass is 35.5. The first kappa shape index (κ1) is 21.1. The van der Waals surface area contributed by atoms with Crippen LogP contribution in [0.2, 0.25) is 5.02 Å². The molecule has 156 valence electrons. The second-order valence-corrected chi connectivity index (χ2v) is 8.32. The number of nitrogens with zero attached hydrogens (tertiary/aromatic N) is 4. The largest absolute Gasteiger partial charge is 0.325 e. The van der Waals surface area contributed by atoms with Crippen LogP contribution in [-0.2, 0) is 4.79 Å². The van der Waals surface area contributed by atoms with Crippen molar-refractivity contribution in [1.82, 2.24) is 19.7 Å². The monoisotopic (exact) mass is 449 g/mol. The Kier molecular flexibility index (Phi) is 6.34. The number of hydrogen-bond acceptors (Lipinski definition) is 5. The molecule has 4 aromatic rings. The molecule has 0 radical (unpaired) electrons. The molecule has 0 unspecified atom stereocenters. The Balaban J connectivity index is 1.59. The summed E-state index contributed by atoms with van der Waals surface area (Å²) >= 11 is 7.39. The topological polar surface area (TPSA) is 72.7 Å². The Morgan fingerprint density at radius 2 is 1.87 bits per heavy atom. The fourth-order valence-electron chi connectivity index (χ4n) is 3.07. The Labute approximate surface area is 189 Å². The summed E-state index contributed by atoms with van der Waals surface area (Å²) in [5.41, 5.74) is 4.70. The lowest BCUT2D eigenvalue weighted by Crippen LogP contribution is -2.15. The van der Waals surface area contributed by atoms with Crippen molar-refractivity contribution in [3.05, 3.63) is 83.1 Å². The van der Waals surface area contributed by atoms with E-state index in [9.17, 15) is 4.79 Å². The van der Waals surface area contributed by atoms with E-state index in [4.69, 9.17) is 11.6 Å². The number of pyridine rings is 1. The van der Waals surface area contributed by atoms with Gasteiger partial charge in [-0.25, -0.2) is 0 Å². The van der Waals surface area contributed by atoms with Gasteiger partial charge in [0.2, 0.25) is 5.91 Å². The van der Waals surface area contributed by atoms with E-state index in [1.807, 2.05) is 73.0 Å². The second kappa shape index (κ2) is 9.32. The lowest BCUT2D eigenvalue weighted by atomic mass is 10.1. The summed E-state index contributed by atoms with van der Waals surface area (Å²) in [7, 11) is 0. The summed E-state index contributed by atoms with van der Waals surface area (Å²) in [6, 6.07) is 17.0. The highest BCUT2D eigenvalue weighted by molar-refractivity contribution is 7.99. The second-order valence-electron chi connectivity index (χ2n) is 6.94. The van der Waals surface area contributed by atoms with Crippen molar-refractivity contribution < 1.29 is 4.79 Å². The third-order valence-corrected chi connectivity index (χ3v) is 6.03. The SMILES string of the molecule is Cc1cccc(NC(=O)CSc2nnc(-c3cccnc3)n2-c2ccc(Cl)cc2)c1C. The van der Waals surface area contributed by atoms with Gasteiger partial charge in [0.05, 0.1) is 5.75 Å². The number of amides is 1. The highest BCUT2D eigenvalue weighted by Gasteiger charge is 2.18. The molecule has 0 bridgehead atoms. The van der Waals surface area contributed by atoms with Crippen molar-refractivity contribution in [2.24, 2.45) is 0 Å². The fraction of sp³-hybridized carbons (Fsp3) is 0.130.